The number of thiocarbonyl (C=S) groups is 1. The van der Waals surface area contributed by atoms with Crippen LogP contribution in [0, 0.1) is 0 Å². The Kier molecular flexibility index (Phi) is 6.54. The molecule has 1 amide bonds. The highest BCUT2D eigenvalue weighted by molar-refractivity contribution is 8.26. The molecule has 1 saturated heterocycles. The number of fused-ring (bicyclic) bond motifs is 1. The van der Waals surface area contributed by atoms with Gasteiger partial charge in [-0.15, -0.1) is 0 Å². The normalized spacial score (nSPS) is 14.7. The van der Waals surface area contributed by atoms with E-state index < -0.39 is 5.97 Å². The fraction of sp³-hybridized carbons (Fsp3) is 0.0714. The van der Waals surface area contributed by atoms with Crippen LogP contribution < -0.4 is 5.56 Å². The van der Waals surface area contributed by atoms with E-state index in [1.165, 1.54) is 11.8 Å². The smallest absolute Gasteiger partial charge is 0.335 e. The van der Waals surface area contributed by atoms with Gasteiger partial charge in [-0.05, 0) is 64.9 Å². The van der Waals surface area contributed by atoms with Gasteiger partial charge in [-0.1, -0.05) is 72.5 Å². The zero-order valence-electron chi connectivity index (χ0n) is 18.9. The molecule has 1 aliphatic heterocycles. The second-order valence-corrected chi connectivity index (χ2v) is 9.99. The number of carboxylic acids is 1. The minimum absolute atomic E-state index is 0.166. The summed E-state index contributed by atoms with van der Waals surface area (Å²) >= 11 is 6.70. The summed E-state index contributed by atoms with van der Waals surface area (Å²) in [6.45, 7) is 0.404. The summed E-state index contributed by atoms with van der Waals surface area (Å²) < 4.78 is 0.482. The number of hydrogen-bond donors (Lipinski definition) is 2. The maximum absolute atomic E-state index is 13.1. The van der Waals surface area contributed by atoms with Gasteiger partial charge in [0.15, 0.2) is 0 Å². The van der Waals surface area contributed by atoms with E-state index in [9.17, 15) is 14.4 Å². The van der Waals surface area contributed by atoms with Crippen molar-refractivity contribution in [2.75, 3.05) is 6.54 Å². The average molecular weight is 513 g/mol. The van der Waals surface area contributed by atoms with Gasteiger partial charge in [0.1, 0.15) is 4.32 Å². The van der Waals surface area contributed by atoms with E-state index in [4.69, 9.17) is 17.3 Å². The van der Waals surface area contributed by atoms with Crippen LogP contribution in [0.15, 0.2) is 88.6 Å². The minimum atomic E-state index is -0.974. The number of aromatic nitrogens is 1. The maximum atomic E-state index is 13.1. The van der Waals surface area contributed by atoms with E-state index in [1.807, 2.05) is 54.6 Å². The van der Waals surface area contributed by atoms with E-state index in [-0.39, 0.29) is 17.0 Å². The van der Waals surface area contributed by atoms with Crippen LogP contribution in [-0.4, -0.2) is 37.7 Å². The molecule has 8 heteroatoms. The summed E-state index contributed by atoms with van der Waals surface area (Å²) in [6.07, 6.45) is 2.35. The lowest BCUT2D eigenvalue weighted by Crippen LogP contribution is -2.30. The van der Waals surface area contributed by atoms with E-state index in [1.54, 1.807) is 35.2 Å². The summed E-state index contributed by atoms with van der Waals surface area (Å²) in [7, 11) is 0. The van der Waals surface area contributed by atoms with Gasteiger partial charge in [-0.3, -0.25) is 14.5 Å². The summed E-state index contributed by atoms with van der Waals surface area (Å²) in [5, 5.41) is 9.98. The molecule has 0 spiro atoms. The molecule has 3 aromatic carbocycles. The number of thioether (sulfide) groups is 1. The summed E-state index contributed by atoms with van der Waals surface area (Å²) in [5.74, 6) is -1.14. The van der Waals surface area contributed by atoms with Gasteiger partial charge in [0, 0.05) is 17.6 Å². The number of carbonyl (C=O) groups is 2. The van der Waals surface area contributed by atoms with Crippen molar-refractivity contribution >= 4 is 57.2 Å². The summed E-state index contributed by atoms with van der Waals surface area (Å²) in [5.41, 5.74) is 3.87. The predicted molar refractivity (Wildman–Crippen MR) is 147 cm³/mol. The molecule has 0 unspecified atom stereocenters. The number of rotatable bonds is 6. The van der Waals surface area contributed by atoms with Crippen LogP contribution >= 0.6 is 24.0 Å². The number of H-pyrrole nitrogens is 1. The maximum Gasteiger partial charge on any atom is 0.335 e. The van der Waals surface area contributed by atoms with Gasteiger partial charge >= 0.3 is 5.97 Å². The number of aromatic carboxylic acids is 1. The van der Waals surface area contributed by atoms with Crippen LogP contribution in [0.25, 0.3) is 28.1 Å². The third kappa shape index (κ3) is 4.86. The Hall–Kier alpha value is -4.01. The second-order valence-electron chi connectivity index (χ2n) is 8.31. The first-order valence-electron chi connectivity index (χ1n) is 11.2. The number of aromatic amines is 1. The summed E-state index contributed by atoms with van der Waals surface area (Å²) in [4.78, 5) is 41.8. The van der Waals surface area contributed by atoms with Crippen LogP contribution in [0.3, 0.4) is 0 Å². The first-order chi connectivity index (χ1) is 17.4. The number of carboxylic acid groups (broad SMARTS) is 1. The largest absolute Gasteiger partial charge is 0.478 e. The van der Waals surface area contributed by atoms with Crippen LogP contribution in [0.5, 0.6) is 0 Å². The number of nitrogens with one attached hydrogen (secondary N) is 1. The SMILES string of the molecule is O=C(O)c1ccc(CCN2C(=O)C(=Cc3cccc(-c4cc5ccccc5[nH]c4=O)c3)SC2=S)cc1. The van der Waals surface area contributed by atoms with Gasteiger partial charge in [-0.25, -0.2) is 4.79 Å². The van der Waals surface area contributed by atoms with Crippen molar-refractivity contribution < 1.29 is 14.7 Å². The molecule has 4 aromatic rings. The first-order valence-corrected chi connectivity index (χ1v) is 12.4. The Morgan fingerprint density at radius 3 is 2.56 bits per heavy atom. The highest BCUT2D eigenvalue weighted by Gasteiger charge is 2.31. The Labute approximate surface area is 216 Å². The highest BCUT2D eigenvalue weighted by Crippen LogP contribution is 2.33. The van der Waals surface area contributed by atoms with Gasteiger partial charge < -0.3 is 10.1 Å². The average Bonchev–Trinajstić information content (AvgIpc) is 3.14. The monoisotopic (exact) mass is 512 g/mol. The van der Waals surface area contributed by atoms with Gasteiger partial charge in [0.25, 0.3) is 11.5 Å². The zero-order valence-corrected chi connectivity index (χ0v) is 20.6. The topological polar surface area (TPSA) is 90.5 Å². The van der Waals surface area contributed by atoms with Crippen molar-refractivity contribution in [3.63, 3.8) is 0 Å². The molecule has 2 heterocycles. The molecular weight excluding hydrogens is 492 g/mol. The fourth-order valence-electron chi connectivity index (χ4n) is 4.06. The van der Waals surface area contributed by atoms with Crippen LogP contribution in [0.4, 0.5) is 0 Å². The highest BCUT2D eigenvalue weighted by atomic mass is 32.2. The van der Waals surface area contributed by atoms with Crippen LogP contribution in [0.2, 0.25) is 0 Å². The fourth-order valence-corrected chi connectivity index (χ4v) is 5.37. The molecule has 2 N–H and O–H groups in total. The van der Waals surface area contributed by atoms with Crippen molar-refractivity contribution in [2.45, 2.75) is 6.42 Å². The number of pyridine rings is 1. The molecule has 1 aliphatic rings. The molecule has 1 aromatic heterocycles. The molecule has 36 heavy (non-hydrogen) atoms. The molecule has 0 atom stereocenters. The lowest BCUT2D eigenvalue weighted by Gasteiger charge is -2.14. The standard InChI is InChI=1S/C28H20N2O4S2/c31-25-22(16-21-5-1-2-7-23(21)29-25)20-6-3-4-18(14-20)15-24-26(32)30(28(35)36-24)13-12-17-8-10-19(11-9-17)27(33)34/h1-11,14-16H,12-13H2,(H,29,31)(H,33,34). The Morgan fingerprint density at radius 2 is 1.78 bits per heavy atom. The Morgan fingerprint density at radius 1 is 1.00 bits per heavy atom. The minimum Gasteiger partial charge on any atom is -0.478 e. The molecule has 178 valence electrons. The molecule has 0 saturated carbocycles. The quantitative estimate of drug-likeness (QED) is 0.268. The van der Waals surface area contributed by atoms with Crippen molar-refractivity contribution in [3.8, 4) is 11.1 Å². The molecule has 1 fully saturated rings. The molecular formula is C28H20N2O4S2. The van der Waals surface area contributed by atoms with Crippen LogP contribution in [0.1, 0.15) is 21.5 Å². The number of hydrogen-bond acceptors (Lipinski definition) is 5. The molecule has 5 rings (SSSR count). The summed E-state index contributed by atoms with van der Waals surface area (Å²) in [6, 6.07) is 23.6. The lowest BCUT2D eigenvalue weighted by molar-refractivity contribution is -0.122. The number of carbonyl (C=O) groups excluding carboxylic acids is 1. The van der Waals surface area contributed by atoms with Crippen molar-refractivity contribution in [1.29, 1.82) is 0 Å². The number of nitrogens with zero attached hydrogens (tertiary/aromatic N) is 1. The van der Waals surface area contributed by atoms with E-state index in [0.717, 1.165) is 27.6 Å². The number of para-hydroxylation sites is 1. The van der Waals surface area contributed by atoms with Crippen molar-refractivity contribution in [2.24, 2.45) is 0 Å². The Balaban J connectivity index is 1.35. The van der Waals surface area contributed by atoms with Crippen molar-refractivity contribution in [1.82, 2.24) is 9.88 Å². The van der Waals surface area contributed by atoms with Crippen molar-refractivity contribution in [3.05, 3.63) is 111 Å². The number of amides is 1. The second kappa shape index (κ2) is 9.93. The Bertz CT molecular complexity index is 1610. The molecule has 0 radical (unpaired) electrons. The van der Waals surface area contributed by atoms with Gasteiger partial charge in [0.05, 0.1) is 10.5 Å². The predicted octanol–water partition coefficient (Wildman–Crippen LogP) is 5.34. The number of benzene rings is 3. The molecule has 0 bridgehead atoms. The first kappa shape index (κ1) is 23.7. The lowest BCUT2D eigenvalue weighted by atomic mass is 10.0. The van der Waals surface area contributed by atoms with Gasteiger partial charge in [-0.2, -0.15) is 0 Å². The third-order valence-electron chi connectivity index (χ3n) is 5.95. The molecule has 0 aliphatic carbocycles. The third-order valence-corrected chi connectivity index (χ3v) is 7.33. The van der Waals surface area contributed by atoms with Crippen LogP contribution in [-0.2, 0) is 11.2 Å². The van der Waals surface area contributed by atoms with Gasteiger partial charge in [0.2, 0.25) is 0 Å². The zero-order chi connectivity index (χ0) is 25.2. The van der Waals surface area contributed by atoms with E-state index in [2.05, 4.69) is 4.98 Å². The van der Waals surface area contributed by atoms with E-state index in [0.29, 0.717) is 27.8 Å². The van der Waals surface area contributed by atoms with E-state index >= 15 is 0 Å². The molecule has 6 nitrogen and oxygen atoms in total.